The van der Waals surface area contributed by atoms with Gasteiger partial charge in [0.1, 0.15) is 0 Å². The molecule has 1 aromatic heterocycles. The molecule has 0 saturated carbocycles. The molecule has 3 rings (SSSR count). The molecule has 1 aromatic carbocycles. The summed E-state index contributed by atoms with van der Waals surface area (Å²) in [6.45, 7) is 2.39. The molecule has 0 unspecified atom stereocenters. The van der Waals surface area contributed by atoms with Crippen LogP contribution in [0.2, 0.25) is 0 Å². The smallest absolute Gasteiger partial charge is 0.224 e. The number of fused-ring (bicyclic) bond motifs is 1. The second kappa shape index (κ2) is 5.43. The van der Waals surface area contributed by atoms with Gasteiger partial charge >= 0.3 is 0 Å². The second-order valence-corrected chi connectivity index (χ2v) is 5.05. The van der Waals surface area contributed by atoms with E-state index in [1.54, 1.807) is 6.92 Å². The topological polar surface area (TPSA) is 106 Å². The first-order valence-corrected chi connectivity index (χ1v) is 6.87. The molecular formula is C14H17N5O2. The lowest BCUT2D eigenvalue weighted by Crippen LogP contribution is -2.19. The van der Waals surface area contributed by atoms with Crippen LogP contribution in [0.1, 0.15) is 23.7 Å². The number of nitrogens with one attached hydrogen (secondary N) is 2. The van der Waals surface area contributed by atoms with Gasteiger partial charge in [-0.1, -0.05) is 5.16 Å². The van der Waals surface area contributed by atoms with Gasteiger partial charge in [-0.05, 0) is 24.1 Å². The van der Waals surface area contributed by atoms with Gasteiger partial charge in [-0.15, -0.1) is 0 Å². The standard InChI is InChI=1S/C14H17N5O2/c1-8-17-13(19-21-8)4-5-16-12-7-11-9(6-10(12)15)2-3-14(20)18-11/h6-7,16H,2-5,15H2,1H3,(H,18,20). The molecule has 2 aromatic rings. The number of benzene rings is 1. The highest BCUT2D eigenvalue weighted by Crippen LogP contribution is 2.30. The Morgan fingerprint density at radius 3 is 3.05 bits per heavy atom. The molecule has 0 radical (unpaired) electrons. The number of carbonyl (C=O) groups is 1. The number of aryl methyl sites for hydroxylation is 2. The van der Waals surface area contributed by atoms with Crippen molar-refractivity contribution in [1.29, 1.82) is 0 Å². The summed E-state index contributed by atoms with van der Waals surface area (Å²) in [5, 5.41) is 9.94. The van der Waals surface area contributed by atoms with E-state index in [1.165, 1.54) is 0 Å². The van der Waals surface area contributed by atoms with Gasteiger partial charge in [0.15, 0.2) is 5.82 Å². The molecule has 0 atom stereocenters. The SMILES string of the molecule is Cc1nc(CCNc2cc3c(cc2N)CCC(=O)N3)no1. The van der Waals surface area contributed by atoms with E-state index >= 15 is 0 Å². The van der Waals surface area contributed by atoms with Crippen LogP contribution in [0.5, 0.6) is 0 Å². The van der Waals surface area contributed by atoms with E-state index < -0.39 is 0 Å². The average Bonchev–Trinajstić information content (AvgIpc) is 2.85. The van der Waals surface area contributed by atoms with E-state index in [0.29, 0.717) is 36.8 Å². The quantitative estimate of drug-likeness (QED) is 0.736. The van der Waals surface area contributed by atoms with Crippen molar-refractivity contribution in [3.8, 4) is 0 Å². The van der Waals surface area contributed by atoms with Crippen molar-refractivity contribution in [3.05, 3.63) is 29.4 Å². The van der Waals surface area contributed by atoms with Gasteiger partial charge in [0.25, 0.3) is 0 Å². The van der Waals surface area contributed by atoms with Gasteiger partial charge in [0, 0.05) is 32.0 Å². The first kappa shape index (κ1) is 13.4. The normalized spacial score (nSPS) is 13.7. The number of hydrogen-bond acceptors (Lipinski definition) is 6. The van der Waals surface area contributed by atoms with Crippen molar-refractivity contribution in [1.82, 2.24) is 10.1 Å². The Balaban J connectivity index is 1.67. The van der Waals surface area contributed by atoms with E-state index in [1.807, 2.05) is 12.1 Å². The molecule has 110 valence electrons. The van der Waals surface area contributed by atoms with Crippen LogP contribution in [0.4, 0.5) is 17.1 Å². The Bertz CT molecular complexity index is 680. The van der Waals surface area contributed by atoms with Crippen molar-refractivity contribution < 1.29 is 9.32 Å². The number of aromatic nitrogens is 2. The van der Waals surface area contributed by atoms with Crippen LogP contribution >= 0.6 is 0 Å². The van der Waals surface area contributed by atoms with Gasteiger partial charge in [-0.2, -0.15) is 4.98 Å². The number of nitrogen functional groups attached to an aromatic ring is 1. The summed E-state index contributed by atoms with van der Waals surface area (Å²) in [4.78, 5) is 15.6. The molecule has 1 aliphatic heterocycles. The largest absolute Gasteiger partial charge is 0.397 e. The maximum atomic E-state index is 11.4. The minimum Gasteiger partial charge on any atom is -0.397 e. The number of anilines is 3. The molecule has 1 aliphatic rings. The Hall–Kier alpha value is -2.57. The Labute approximate surface area is 121 Å². The van der Waals surface area contributed by atoms with Crippen molar-refractivity contribution in [2.24, 2.45) is 0 Å². The number of carbonyl (C=O) groups excluding carboxylic acids is 1. The molecule has 0 fully saturated rings. The number of hydrogen-bond donors (Lipinski definition) is 3. The summed E-state index contributed by atoms with van der Waals surface area (Å²) >= 11 is 0. The maximum absolute atomic E-state index is 11.4. The lowest BCUT2D eigenvalue weighted by Gasteiger charge is -2.19. The number of rotatable bonds is 4. The predicted molar refractivity (Wildman–Crippen MR) is 79.0 cm³/mol. The van der Waals surface area contributed by atoms with Crippen LogP contribution in [0.15, 0.2) is 16.7 Å². The highest BCUT2D eigenvalue weighted by molar-refractivity contribution is 5.95. The minimum atomic E-state index is 0.0421. The third-order valence-electron chi connectivity index (χ3n) is 3.40. The monoisotopic (exact) mass is 287 g/mol. The van der Waals surface area contributed by atoms with Crippen LogP contribution < -0.4 is 16.4 Å². The van der Waals surface area contributed by atoms with Crippen LogP contribution in [0, 0.1) is 6.92 Å². The van der Waals surface area contributed by atoms with Crippen molar-refractivity contribution in [2.75, 3.05) is 22.9 Å². The number of nitrogens with two attached hydrogens (primary N) is 1. The number of nitrogens with zero attached hydrogens (tertiary/aromatic N) is 2. The van der Waals surface area contributed by atoms with Crippen molar-refractivity contribution in [3.63, 3.8) is 0 Å². The Kier molecular flexibility index (Phi) is 3.47. The van der Waals surface area contributed by atoms with E-state index in [9.17, 15) is 4.79 Å². The molecule has 21 heavy (non-hydrogen) atoms. The summed E-state index contributed by atoms with van der Waals surface area (Å²) in [6.07, 6.45) is 1.88. The van der Waals surface area contributed by atoms with E-state index in [0.717, 1.165) is 23.4 Å². The van der Waals surface area contributed by atoms with Crippen LogP contribution in [0.3, 0.4) is 0 Å². The van der Waals surface area contributed by atoms with Crippen molar-refractivity contribution >= 4 is 23.0 Å². The third-order valence-corrected chi connectivity index (χ3v) is 3.40. The number of amides is 1. The third kappa shape index (κ3) is 2.96. The summed E-state index contributed by atoms with van der Waals surface area (Å²) in [5.74, 6) is 1.26. The second-order valence-electron chi connectivity index (χ2n) is 5.05. The zero-order chi connectivity index (χ0) is 14.8. The lowest BCUT2D eigenvalue weighted by molar-refractivity contribution is -0.116. The fourth-order valence-electron chi connectivity index (χ4n) is 2.35. The van der Waals surface area contributed by atoms with Crippen LogP contribution in [-0.2, 0) is 17.6 Å². The summed E-state index contributed by atoms with van der Waals surface area (Å²) in [7, 11) is 0. The lowest BCUT2D eigenvalue weighted by atomic mass is 10.0. The average molecular weight is 287 g/mol. The molecule has 0 spiro atoms. The molecule has 0 bridgehead atoms. The van der Waals surface area contributed by atoms with Gasteiger partial charge in [0.05, 0.1) is 11.4 Å². The molecule has 7 nitrogen and oxygen atoms in total. The Morgan fingerprint density at radius 2 is 2.29 bits per heavy atom. The molecule has 0 aliphatic carbocycles. The summed E-state index contributed by atoms with van der Waals surface area (Å²) in [6, 6.07) is 3.79. The fourth-order valence-corrected chi connectivity index (χ4v) is 2.35. The van der Waals surface area contributed by atoms with Gasteiger partial charge in [0.2, 0.25) is 11.8 Å². The zero-order valence-corrected chi connectivity index (χ0v) is 11.8. The van der Waals surface area contributed by atoms with Crippen LogP contribution in [-0.4, -0.2) is 22.6 Å². The van der Waals surface area contributed by atoms with Crippen molar-refractivity contribution in [2.45, 2.75) is 26.2 Å². The van der Waals surface area contributed by atoms with E-state index in [2.05, 4.69) is 20.8 Å². The van der Waals surface area contributed by atoms with Crippen LogP contribution in [0.25, 0.3) is 0 Å². The zero-order valence-electron chi connectivity index (χ0n) is 11.8. The highest BCUT2D eigenvalue weighted by Gasteiger charge is 2.16. The Morgan fingerprint density at radius 1 is 1.43 bits per heavy atom. The molecule has 0 saturated heterocycles. The molecule has 2 heterocycles. The molecule has 4 N–H and O–H groups in total. The summed E-state index contributed by atoms with van der Waals surface area (Å²) in [5.41, 5.74) is 9.42. The maximum Gasteiger partial charge on any atom is 0.224 e. The molecule has 7 heteroatoms. The van der Waals surface area contributed by atoms with Gasteiger partial charge < -0.3 is 20.9 Å². The van der Waals surface area contributed by atoms with Gasteiger partial charge in [-0.3, -0.25) is 4.79 Å². The molecular weight excluding hydrogens is 270 g/mol. The first-order valence-electron chi connectivity index (χ1n) is 6.87. The minimum absolute atomic E-state index is 0.0421. The molecule has 1 amide bonds. The van der Waals surface area contributed by atoms with E-state index in [4.69, 9.17) is 10.3 Å². The first-order chi connectivity index (χ1) is 10.1. The van der Waals surface area contributed by atoms with Gasteiger partial charge in [-0.25, -0.2) is 0 Å². The fraction of sp³-hybridized carbons (Fsp3) is 0.357. The predicted octanol–water partition coefficient (Wildman–Crippen LogP) is 1.50. The highest BCUT2D eigenvalue weighted by atomic mass is 16.5. The summed E-state index contributed by atoms with van der Waals surface area (Å²) < 4.78 is 4.92. The van der Waals surface area contributed by atoms with E-state index in [-0.39, 0.29) is 5.91 Å².